The summed E-state index contributed by atoms with van der Waals surface area (Å²) in [6.45, 7) is 1.95. The Hall–Kier alpha value is -1.71. The van der Waals surface area contributed by atoms with Crippen molar-refractivity contribution in [3.05, 3.63) is 23.8 Å². The maximum absolute atomic E-state index is 11.4. The Bertz CT molecular complexity index is 417. The van der Waals surface area contributed by atoms with Gasteiger partial charge < -0.3 is 15.2 Å². The Morgan fingerprint density at radius 3 is 3.18 bits per heavy atom. The van der Waals surface area contributed by atoms with Crippen molar-refractivity contribution < 1.29 is 14.3 Å². The van der Waals surface area contributed by atoms with Gasteiger partial charge in [0.05, 0.1) is 0 Å². The third kappa shape index (κ3) is 2.90. The average molecular weight is 235 g/mol. The van der Waals surface area contributed by atoms with Gasteiger partial charge in [0.2, 0.25) is 6.29 Å². The molecule has 1 aromatic carbocycles. The van der Waals surface area contributed by atoms with Crippen LogP contribution in [0, 0.1) is 0 Å². The third-order valence-corrected chi connectivity index (χ3v) is 2.71. The summed E-state index contributed by atoms with van der Waals surface area (Å²) in [6.07, 6.45) is 2.29. The second-order valence-corrected chi connectivity index (χ2v) is 4.19. The molecule has 0 spiro atoms. The SMILES string of the molecule is CCCC(=O)O[C@H]1CCc2cc(N)ccc2O1. The number of rotatable bonds is 3. The monoisotopic (exact) mass is 235 g/mol. The summed E-state index contributed by atoms with van der Waals surface area (Å²) in [5.41, 5.74) is 7.50. The van der Waals surface area contributed by atoms with Crippen molar-refractivity contribution in [2.24, 2.45) is 0 Å². The lowest BCUT2D eigenvalue weighted by atomic mass is 10.1. The standard InChI is InChI=1S/C13H17NO3/c1-2-3-12(15)17-13-7-4-9-8-10(14)5-6-11(9)16-13/h5-6,8,13H,2-4,7,14H2,1H3/t13-/m0/s1. The zero-order valence-corrected chi connectivity index (χ0v) is 9.94. The Morgan fingerprint density at radius 1 is 1.59 bits per heavy atom. The van der Waals surface area contributed by atoms with Gasteiger partial charge in [-0.05, 0) is 36.6 Å². The molecule has 0 unspecified atom stereocenters. The molecule has 0 bridgehead atoms. The predicted octanol–water partition coefficient (Wildman–Crippen LogP) is 2.26. The minimum Gasteiger partial charge on any atom is -0.454 e. The number of fused-ring (bicyclic) bond motifs is 1. The van der Waals surface area contributed by atoms with Crippen LogP contribution in [0.15, 0.2) is 18.2 Å². The molecule has 1 aliphatic rings. The van der Waals surface area contributed by atoms with Gasteiger partial charge in [0.1, 0.15) is 5.75 Å². The van der Waals surface area contributed by atoms with Gasteiger partial charge >= 0.3 is 5.97 Å². The first-order valence-electron chi connectivity index (χ1n) is 5.93. The molecule has 92 valence electrons. The number of carbonyl (C=O) groups excluding carboxylic acids is 1. The molecule has 4 nitrogen and oxygen atoms in total. The molecule has 0 aromatic heterocycles. The highest BCUT2D eigenvalue weighted by Crippen LogP contribution is 2.29. The summed E-state index contributed by atoms with van der Waals surface area (Å²) in [6, 6.07) is 5.51. The first-order chi connectivity index (χ1) is 8.19. The summed E-state index contributed by atoms with van der Waals surface area (Å²) in [7, 11) is 0. The molecular formula is C13H17NO3. The number of ether oxygens (including phenoxy) is 2. The molecule has 0 fully saturated rings. The van der Waals surface area contributed by atoms with Crippen LogP contribution in [0.1, 0.15) is 31.7 Å². The normalized spacial score (nSPS) is 18.1. The maximum Gasteiger partial charge on any atom is 0.308 e. The smallest absolute Gasteiger partial charge is 0.308 e. The van der Waals surface area contributed by atoms with Crippen LogP contribution in [0.2, 0.25) is 0 Å². The Labute approximate surface area is 101 Å². The fraction of sp³-hybridized carbons (Fsp3) is 0.462. The topological polar surface area (TPSA) is 61.5 Å². The van der Waals surface area contributed by atoms with Gasteiger partial charge in [0.15, 0.2) is 0 Å². The summed E-state index contributed by atoms with van der Waals surface area (Å²) in [4.78, 5) is 11.4. The zero-order valence-electron chi connectivity index (χ0n) is 9.94. The molecule has 4 heteroatoms. The minimum absolute atomic E-state index is 0.198. The van der Waals surface area contributed by atoms with Gasteiger partial charge in [0.25, 0.3) is 0 Å². The number of nitrogens with two attached hydrogens (primary N) is 1. The number of benzene rings is 1. The lowest BCUT2D eigenvalue weighted by molar-refractivity contribution is -0.165. The number of carbonyl (C=O) groups is 1. The fourth-order valence-electron chi connectivity index (χ4n) is 1.88. The molecule has 1 heterocycles. The van der Waals surface area contributed by atoms with Gasteiger partial charge in [-0.2, -0.15) is 0 Å². The van der Waals surface area contributed by atoms with Crippen molar-refractivity contribution in [1.82, 2.24) is 0 Å². The van der Waals surface area contributed by atoms with E-state index < -0.39 is 6.29 Å². The van der Waals surface area contributed by atoms with Crippen molar-refractivity contribution in [3.8, 4) is 5.75 Å². The average Bonchev–Trinajstić information content (AvgIpc) is 2.29. The highest BCUT2D eigenvalue weighted by molar-refractivity contribution is 5.69. The van der Waals surface area contributed by atoms with Crippen LogP contribution >= 0.6 is 0 Å². The summed E-state index contributed by atoms with van der Waals surface area (Å²) < 4.78 is 10.8. The first kappa shape index (κ1) is 11.8. The molecule has 0 aliphatic carbocycles. The van der Waals surface area contributed by atoms with E-state index in [1.165, 1.54) is 0 Å². The van der Waals surface area contributed by atoms with Gasteiger partial charge in [-0.1, -0.05) is 6.92 Å². The van der Waals surface area contributed by atoms with Crippen LogP contribution in [-0.4, -0.2) is 12.3 Å². The maximum atomic E-state index is 11.4. The van der Waals surface area contributed by atoms with Crippen LogP contribution in [0.25, 0.3) is 0 Å². The molecule has 0 radical (unpaired) electrons. The molecule has 1 atom stereocenters. The molecule has 17 heavy (non-hydrogen) atoms. The molecule has 0 saturated heterocycles. The van der Waals surface area contributed by atoms with E-state index in [-0.39, 0.29) is 5.97 Å². The molecule has 1 aromatic rings. The fourth-order valence-corrected chi connectivity index (χ4v) is 1.88. The first-order valence-corrected chi connectivity index (χ1v) is 5.93. The van der Waals surface area contributed by atoms with Crippen molar-refractivity contribution in [2.75, 3.05) is 5.73 Å². The van der Waals surface area contributed by atoms with Crippen LogP contribution in [0.4, 0.5) is 5.69 Å². The van der Waals surface area contributed by atoms with E-state index in [1.54, 1.807) is 6.07 Å². The van der Waals surface area contributed by atoms with E-state index in [0.29, 0.717) is 12.8 Å². The van der Waals surface area contributed by atoms with E-state index in [2.05, 4.69) is 0 Å². The second-order valence-electron chi connectivity index (χ2n) is 4.19. The lowest BCUT2D eigenvalue weighted by Gasteiger charge is -2.25. The van der Waals surface area contributed by atoms with E-state index in [9.17, 15) is 4.79 Å². The predicted molar refractivity (Wildman–Crippen MR) is 64.6 cm³/mol. The number of hydrogen-bond acceptors (Lipinski definition) is 4. The molecule has 2 rings (SSSR count). The van der Waals surface area contributed by atoms with Crippen LogP contribution < -0.4 is 10.5 Å². The van der Waals surface area contributed by atoms with Gasteiger partial charge in [-0.3, -0.25) is 4.79 Å². The van der Waals surface area contributed by atoms with Gasteiger partial charge in [-0.15, -0.1) is 0 Å². The number of anilines is 1. The molecule has 1 aliphatic heterocycles. The van der Waals surface area contributed by atoms with Gasteiger partial charge in [-0.25, -0.2) is 0 Å². The van der Waals surface area contributed by atoms with Gasteiger partial charge in [0, 0.05) is 18.5 Å². The van der Waals surface area contributed by atoms with E-state index in [1.807, 2.05) is 19.1 Å². The Morgan fingerprint density at radius 2 is 2.41 bits per heavy atom. The minimum atomic E-state index is -0.454. The van der Waals surface area contributed by atoms with Crippen molar-refractivity contribution >= 4 is 11.7 Å². The zero-order chi connectivity index (χ0) is 12.3. The molecule has 2 N–H and O–H groups in total. The number of hydrogen-bond donors (Lipinski definition) is 1. The molecular weight excluding hydrogens is 218 g/mol. The Kier molecular flexibility index (Phi) is 3.52. The van der Waals surface area contributed by atoms with E-state index in [4.69, 9.17) is 15.2 Å². The summed E-state index contributed by atoms with van der Waals surface area (Å²) >= 11 is 0. The number of nitrogen functional groups attached to an aromatic ring is 1. The second kappa shape index (κ2) is 5.08. The van der Waals surface area contributed by atoms with Crippen LogP contribution in [0.5, 0.6) is 5.75 Å². The summed E-state index contributed by atoms with van der Waals surface area (Å²) in [5, 5.41) is 0. The van der Waals surface area contributed by atoms with Crippen LogP contribution in [0.3, 0.4) is 0 Å². The Balaban J connectivity index is 1.99. The molecule has 0 saturated carbocycles. The van der Waals surface area contributed by atoms with Crippen LogP contribution in [-0.2, 0) is 16.0 Å². The molecule has 0 amide bonds. The van der Waals surface area contributed by atoms with E-state index in [0.717, 1.165) is 29.8 Å². The van der Waals surface area contributed by atoms with Crippen molar-refractivity contribution in [2.45, 2.75) is 38.9 Å². The quantitative estimate of drug-likeness (QED) is 0.644. The summed E-state index contributed by atoms with van der Waals surface area (Å²) in [5.74, 6) is 0.566. The third-order valence-electron chi connectivity index (χ3n) is 2.71. The number of aryl methyl sites for hydroxylation is 1. The number of esters is 1. The largest absolute Gasteiger partial charge is 0.454 e. The van der Waals surface area contributed by atoms with Crippen molar-refractivity contribution in [1.29, 1.82) is 0 Å². The van der Waals surface area contributed by atoms with E-state index >= 15 is 0 Å². The highest BCUT2D eigenvalue weighted by atomic mass is 16.7. The van der Waals surface area contributed by atoms with Crippen molar-refractivity contribution in [3.63, 3.8) is 0 Å². The lowest BCUT2D eigenvalue weighted by Crippen LogP contribution is -2.28. The highest BCUT2D eigenvalue weighted by Gasteiger charge is 2.22.